The number of hydrogen-bond donors (Lipinski definition) is 0. The quantitative estimate of drug-likeness (QED) is 0.719. The van der Waals surface area contributed by atoms with Crippen LogP contribution in [0.2, 0.25) is 0 Å². The summed E-state index contributed by atoms with van der Waals surface area (Å²) in [5.74, 6) is -0.134. The van der Waals surface area contributed by atoms with Gasteiger partial charge in [-0.1, -0.05) is 0 Å². The molecule has 0 aromatic carbocycles. The predicted octanol–water partition coefficient (Wildman–Crippen LogP) is 2.02. The Morgan fingerprint density at radius 2 is 2.06 bits per heavy atom. The molecule has 4 nitrogen and oxygen atoms in total. The zero-order valence-corrected chi connectivity index (χ0v) is 10.5. The van der Waals surface area contributed by atoms with Crippen molar-refractivity contribution in [3.63, 3.8) is 0 Å². The highest BCUT2D eigenvalue weighted by atomic mass is 16.5. The minimum Gasteiger partial charge on any atom is -0.466 e. The van der Waals surface area contributed by atoms with E-state index in [1.54, 1.807) is 0 Å². The van der Waals surface area contributed by atoms with E-state index >= 15 is 0 Å². The fourth-order valence-electron chi connectivity index (χ4n) is 1.86. The highest BCUT2D eigenvalue weighted by Gasteiger charge is 2.12. The summed E-state index contributed by atoms with van der Waals surface area (Å²) in [5.41, 5.74) is 3.35. The smallest absolute Gasteiger partial charge is 0.306 e. The van der Waals surface area contributed by atoms with Gasteiger partial charge in [0.1, 0.15) is 0 Å². The highest BCUT2D eigenvalue weighted by molar-refractivity contribution is 5.69. The molecule has 4 heteroatoms. The van der Waals surface area contributed by atoms with Crippen LogP contribution in [-0.2, 0) is 22.5 Å². The third-order valence-electron chi connectivity index (χ3n) is 2.72. The maximum atomic E-state index is 11.3. The van der Waals surface area contributed by atoms with Gasteiger partial charge in [0.05, 0.1) is 12.3 Å². The fraction of sp³-hybridized carbons (Fsp3) is 0.667. The standard InChI is InChI=1S/C12H20N2O2/c1-5-14-10(4)11(9(3)13-14)7-8-12(15)16-6-2/h5-8H2,1-4H3. The van der Waals surface area contributed by atoms with E-state index in [2.05, 4.69) is 12.0 Å². The van der Waals surface area contributed by atoms with E-state index in [4.69, 9.17) is 4.74 Å². The van der Waals surface area contributed by atoms with Crippen LogP contribution in [0.1, 0.15) is 37.2 Å². The van der Waals surface area contributed by atoms with E-state index < -0.39 is 0 Å². The van der Waals surface area contributed by atoms with Crippen molar-refractivity contribution >= 4 is 5.97 Å². The van der Waals surface area contributed by atoms with Crippen molar-refractivity contribution in [2.75, 3.05) is 6.61 Å². The van der Waals surface area contributed by atoms with Gasteiger partial charge in [-0.15, -0.1) is 0 Å². The predicted molar refractivity (Wildman–Crippen MR) is 62.3 cm³/mol. The van der Waals surface area contributed by atoms with Crippen LogP contribution in [0.25, 0.3) is 0 Å². The molecule has 0 unspecified atom stereocenters. The summed E-state index contributed by atoms with van der Waals surface area (Å²) in [6.07, 6.45) is 1.15. The number of hydrogen-bond acceptors (Lipinski definition) is 3. The molecule has 0 spiro atoms. The Labute approximate surface area is 96.6 Å². The number of carbonyl (C=O) groups excluding carboxylic acids is 1. The molecule has 0 saturated heterocycles. The molecule has 0 saturated carbocycles. The molecular weight excluding hydrogens is 204 g/mol. The van der Waals surface area contributed by atoms with Crippen LogP contribution >= 0.6 is 0 Å². The third-order valence-corrected chi connectivity index (χ3v) is 2.72. The Kier molecular flexibility index (Phi) is 4.52. The Bertz CT molecular complexity index is 369. The molecule has 0 bridgehead atoms. The highest BCUT2D eigenvalue weighted by Crippen LogP contribution is 2.15. The lowest BCUT2D eigenvalue weighted by molar-refractivity contribution is -0.143. The second-order valence-corrected chi connectivity index (χ2v) is 3.77. The molecule has 0 fully saturated rings. The van der Waals surface area contributed by atoms with Crippen molar-refractivity contribution in [1.82, 2.24) is 9.78 Å². The second kappa shape index (κ2) is 5.68. The summed E-state index contributed by atoms with van der Waals surface area (Å²) in [6.45, 7) is 9.23. The van der Waals surface area contributed by atoms with Crippen molar-refractivity contribution in [1.29, 1.82) is 0 Å². The summed E-state index contributed by atoms with van der Waals surface area (Å²) in [7, 11) is 0. The molecular formula is C12H20N2O2. The number of esters is 1. The monoisotopic (exact) mass is 224 g/mol. The Morgan fingerprint density at radius 1 is 1.38 bits per heavy atom. The van der Waals surface area contributed by atoms with E-state index in [-0.39, 0.29) is 5.97 Å². The van der Waals surface area contributed by atoms with Gasteiger partial charge in [0, 0.05) is 18.7 Å². The summed E-state index contributed by atoms with van der Waals surface area (Å²) >= 11 is 0. The maximum absolute atomic E-state index is 11.3. The molecule has 0 radical (unpaired) electrons. The molecule has 1 aromatic heterocycles. The Morgan fingerprint density at radius 3 is 2.56 bits per heavy atom. The largest absolute Gasteiger partial charge is 0.466 e. The summed E-state index contributed by atoms with van der Waals surface area (Å²) in [5, 5.41) is 4.42. The van der Waals surface area contributed by atoms with Crippen molar-refractivity contribution in [2.24, 2.45) is 0 Å². The normalized spacial score (nSPS) is 10.5. The van der Waals surface area contributed by atoms with E-state index in [1.807, 2.05) is 25.5 Å². The van der Waals surface area contributed by atoms with Gasteiger partial charge in [0.25, 0.3) is 0 Å². The molecule has 0 aliphatic heterocycles. The minimum atomic E-state index is -0.134. The van der Waals surface area contributed by atoms with Crippen molar-refractivity contribution in [3.05, 3.63) is 17.0 Å². The van der Waals surface area contributed by atoms with Crippen LogP contribution in [0.4, 0.5) is 0 Å². The SMILES string of the molecule is CCOC(=O)CCc1c(C)nn(CC)c1C. The lowest BCUT2D eigenvalue weighted by Gasteiger charge is -2.03. The van der Waals surface area contributed by atoms with Gasteiger partial charge in [-0.05, 0) is 39.7 Å². The maximum Gasteiger partial charge on any atom is 0.306 e. The number of aromatic nitrogens is 2. The van der Waals surface area contributed by atoms with Crippen molar-refractivity contribution in [2.45, 2.75) is 47.1 Å². The minimum absolute atomic E-state index is 0.134. The number of ether oxygens (including phenoxy) is 1. The van der Waals surface area contributed by atoms with Gasteiger partial charge >= 0.3 is 5.97 Å². The first kappa shape index (κ1) is 12.7. The number of nitrogens with zero attached hydrogens (tertiary/aromatic N) is 2. The van der Waals surface area contributed by atoms with Crippen molar-refractivity contribution < 1.29 is 9.53 Å². The second-order valence-electron chi connectivity index (χ2n) is 3.77. The van der Waals surface area contributed by atoms with E-state index in [0.29, 0.717) is 13.0 Å². The third kappa shape index (κ3) is 2.84. The van der Waals surface area contributed by atoms with Gasteiger partial charge in [-0.3, -0.25) is 9.48 Å². The topological polar surface area (TPSA) is 44.1 Å². The number of aryl methyl sites for hydroxylation is 2. The molecule has 0 amide bonds. The van der Waals surface area contributed by atoms with E-state index in [1.165, 1.54) is 5.56 Å². The first-order valence-corrected chi connectivity index (χ1v) is 5.78. The molecule has 1 rings (SSSR count). The molecule has 0 aliphatic carbocycles. The molecule has 1 heterocycles. The lowest BCUT2D eigenvalue weighted by Crippen LogP contribution is -2.06. The van der Waals surface area contributed by atoms with Gasteiger partial charge in [-0.25, -0.2) is 0 Å². The molecule has 90 valence electrons. The van der Waals surface area contributed by atoms with Gasteiger partial charge in [-0.2, -0.15) is 5.10 Å². The number of rotatable bonds is 5. The van der Waals surface area contributed by atoms with Crippen LogP contribution in [0.5, 0.6) is 0 Å². The van der Waals surface area contributed by atoms with Crippen LogP contribution < -0.4 is 0 Å². The van der Waals surface area contributed by atoms with Crippen LogP contribution in [0.3, 0.4) is 0 Å². The Hall–Kier alpha value is -1.32. The molecule has 1 aromatic rings. The molecule has 0 atom stereocenters. The number of carbonyl (C=O) groups is 1. The van der Waals surface area contributed by atoms with Gasteiger partial charge < -0.3 is 4.74 Å². The Balaban J connectivity index is 2.66. The average Bonchev–Trinajstić information content (AvgIpc) is 2.52. The first-order valence-electron chi connectivity index (χ1n) is 5.78. The summed E-state index contributed by atoms with van der Waals surface area (Å²) in [6, 6.07) is 0. The van der Waals surface area contributed by atoms with E-state index in [9.17, 15) is 4.79 Å². The summed E-state index contributed by atoms with van der Waals surface area (Å²) in [4.78, 5) is 11.3. The van der Waals surface area contributed by atoms with Crippen LogP contribution in [0.15, 0.2) is 0 Å². The molecule has 0 N–H and O–H groups in total. The van der Waals surface area contributed by atoms with Gasteiger partial charge in [0.15, 0.2) is 0 Å². The summed E-state index contributed by atoms with van der Waals surface area (Å²) < 4.78 is 6.88. The fourth-order valence-corrected chi connectivity index (χ4v) is 1.86. The van der Waals surface area contributed by atoms with Crippen LogP contribution in [-0.4, -0.2) is 22.4 Å². The lowest BCUT2D eigenvalue weighted by atomic mass is 10.1. The first-order chi connectivity index (χ1) is 7.60. The van der Waals surface area contributed by atoms with E-state index in [0.717, 1.165) is 24.4 Å². The van der Waals surface area contributed by atoms with Crippen LogP contribution in [0, 0.1) is 13.8 Å². The zero-order valence-electron chi connectivity index (χ0n) is 10.5. The zero-order chi connectivity index (χ0) is 12.1. The van der Waals surface area contributed by atoms with Gasteiger partial charge in [0.2, 0.25) is 0 Å². The average molecular weight is 224 g/mol. The molecule has 16 heavy (non-hydrogen) atoms. The molecule has 0 aliphatic rings. The van der Waals surface area contributed by atoms with Crippen molar-refractivity contribution in [3.8, 4) is 0 Å².